The van der Waals surface area contributed by atoms with E-state index >= 15 is 0 Å². The third kappa shape index (κ3) is 2.10. The van der Waals surface area contributed by atoms with Gasteiger partial charge in [0.2, 0.25) is 0 Å². The van der Waals surface area contributed by atoms with Crippen LogP contribution in [0.1, 0.15) is 29.1 Å². The summed E-state index contributed by atoms with van der Waals surface area (Å²) in [6.07, 6.45) is 0. The van der Waals surface area contributed by atoms with Gasteiger partial charge >= 0.3 is 0 Å². The van der Waals surface area contributed by atoms with Crippen LogP contribution in [0.5, 0.6) is 0 Å². The number of hydrogen-bond donors (Lipinski definition) is 0. The van der Waals surface area contributed by atoms with Crippen LogP contribution in [0.15, 0.2) is 11.4 Å². The molecule has 1 heterocycles. The summed E-state index contributed by atoms with van der Waals surface area (Å²) >= 11 is 1.62. The molecule has 1 amide bonds. The predicted molar refractivity (Wildman–Crippen MR) is 56.3 cm³/mol. The number of nitrogens with zero attached hydrogens (tertiary/aromatic N) is 1. The molecule has 0 fully saturated rings. The molecule has 0 atom stereocenters. The fraction of sp³-hybridized carbons (Fsp3) is 0.500. The molecule has 0 bridgehead atoms. The molecular weight excluding hydrogens is 182 g/mol. The van der Waals surface area contributed by atoms with Crippen molar-refractivity contribution in [3.8, 4) is 0 Å². The number of aryl methyl sites for hydroxylation is 1. The highest BCUT2D eigenvalue weighted by atomic mass is 32.1. The van der Waals surface area contributed by atoms with Gasteiger partial charge in [-0.05, 0) is 32.2 Å². The van der Waals surface area contributed by atoms with E-state index in [1.807, 2.05) is 37.1 Å². The van der Waals surface area contributed by atoms with E-state index in [1.165, 1.54) is 0 Å². The molecule has 3 heteroatoms. The Morgan fingerprint density at radius 1 is 1.46 bits per heavy atom. The fourth-order valence-electron chi connectivity index (χ4n) is 1.29. The number of carbonyl (C=O) groups is 1. The first-order valence-electron chi connectivity index (χ1n) is 4.54. The van der Waals surface area contributed by atoms with E-state index in [9.17, 15) is 4.79 Å². The minimum Gasteiger partial charge on any atom is -0.339 e. The van der Waals surface area contributed by atoms with Crippen LogP contribution < -0.4 is 0 Å². The molecule has 0 saturated carbocycles. The fourth-order valence-corrected chi connectivity index (χ4v) is 1.98. The van der Waals surface area contributed by atoms with Crippen LogP contribution >= 0.6 is 11.3 Å². The van der Waals surface area contributed by atoms with Gasteiger partial charge in [-0.2, -0.15) is 0 Å². The highest BCUT2D eigenvalue weighted by Gasteiger charge is 2.14. The first-order chi connectivity index (χ1) is 6.20. The van der Waals surface area contributed by atoms with Crippen molar-refractivity contribution in [1.29, 1.82) is 0 Å². The normalized spacial score (nSPS) is 10.1. The first-order valence-corrected chi connectivity index (χ1v) is 5.42. The molecule has 0 aliphatic heterocycles. The summed E-state index contributed by atoms with van der Waals surface area (Å²) < 4.78 is 0. The summed E-state index contributed by atoms with van der Waals surface area (Å²) in [5.41, 5.74) is 0.855. The van der Waals surface area contributed by atoms with Crippen molar-refractivity contribution < 1.29 is 4.79 Å². The monoisotopic (exact) mass is 197 g/mol. The van der Waals surface area contributed by atoms with Crippen LogP contribution in [0.25, 0.3) is 0 Å². The Morgan fingerprint density at radius 3 is 2.46 bits per heavy atom. The highest BCUT2D eigenvalue weighted by Crippen LogP contribution is 2.16. The van der Waals surface area contributed by atoms with Gasteiger partial charge in [0.25, 0.3) is 5.91 Å². The van der Waals surface area contributed by atoms with Crippen molar-refractivity contribution in [3.63, 3.8) is 0 Å². The second-order valence-corrected chi connectivity index (χ2v) is 3.99. The first kappa shape index (κ1) is 10.3. The van der Waals surface area contributed by atoms with E-state index in [0.29, 0.717) is 0 Å². The van der Waals surface area contributed by atoms with E-state index in [1.54, 1.807) is 11.3 Å². The van der Waals surface area contributed by atoms with Crippen LogP contribution in [0.2, 0.25) is 0 Å². The van der Waals surface area contributed by atoms with E-state index < -0.39 is 0 Å². The van der Waals surface area contributed by atoms with Gasteiger partial charge in [0.1, 0.15) is 0 Å². The summed E-state index contributed by atoms with van der Waals surface area (Å²) in [6, 6.07) is 1.90. The Labute approximate surface area is 83.2 Å². The van der Waals surface area contributed by atoms with Crippen molar-refractivity contribution >= 4 is 17.2 Å². The maximum absolute atomic E-state index is 11.8. The Hall–Kier alpha value is -0.830. The van der Waals surface area contributed by atoms with Crippen LogP contribution in [0.3, 0.4) is 0 Å². The molecule has 0 spiro atoms. The molecule has 2 nitrogen and oxygen atoms in total. The molecule has 0 aliphatic rings. The third-order valence-corrected chi connectivity index (χ3v) is 2.99. The zero-order valence-corrected chi connectivity index (χ0v) is 9.15. The number of thiophene rings is 1. The average molecular weight is 197 g/mol. The Morgan fingerprint density at radius 2 is 2.08 bits per heavy atom. The molecule has 0 aromatic carbocycles. The molecule has 1 aromatic heterocycles. The minimum absolute atomic E-state index is 0.156. The van der Waals surface area contributed by atoms with Crippen molar-refractivity contribution in [2.45, 2.75) is 20.8 Å². The lowest BCUT2D eigenvalue weighted by Gasteiger charge is -2.18. The Bertz CT molecular complexity index is 289. The van der Waals surface area contributed by atoms with Crippen LogP contribution in [-0.2, 0) is 0 Å². The molecule has 1 aromatic rings. The summed E-state index contributed by atoms with van der Waals surface area (Å²) in [5.74, 6) is 0.156. The van der Waals surface area contributed by atoms with Crippen molar-refractivity contribution in [2.24, 2.45) is 0 Å². The average Bonchev–Trinajstić information content (AvgIpc) is 2.53. The van der Waals surface area contributed by atoms with Gasteiger partial charge in [-0.25, -0.2) is 0 Å². The summed E-state index contributed by atoms with van der Waals surface area (Å²) in [7, 11) is 0. The zero-order valence-electron chi connectivity index (χ0n) is 8.33. The molecule has 0 aliphatic carbocycles. The van der Waals surface area contributed by atoms with E-state index in [4.69, 9.17) is 0 Å². The SMILES string of the molecule is CCN(CC)C(=O)c1ccsc1C. The number of carbonyl (C=O) groups excluding carboxylic acids is 1. The topological polar surface area (TPSA) is 20.3 Å². The lowest BCUT2D eigenvalue weighted by molar-refractivity contribution is 0.0773. The van der Waals surface area contributed by atoms with E-state index in [0.717, 1.165) is 23.5 Å². The van der Waals surface area contributed by atoms with Crippen LogP contribution in [-0.4, -0.2) is 23.9 Å². The lowest BCUT2D eigenvalue weighted by atomic mass is 10.2. The van der Waals surface area contributed by atoms with Gasteiger partial charge < -0.3 is 4.90 Å². The maximum Gasteiger partial charge on any atom is 0.254 e. The largest absolute Gasteiger partial charge is 0.339 e. The molecule has 0 saturated heterocycles. The van der Waals surface area contributed by atoms with E-state index in [-0.39, 0.29) is 5.91 Å². The number of rotatable bonds is 3. The van der Waals surface area contributed by atoms with Crippen LogP contribution in [0, 0.1) is 6.92 Å². The summed E-state index contributed by atoms with van der Waals surface area (Å²) in [5, 5.41) is 1.96. The number of hydrogen-bond acceptors (Lipinski definition) is 2. The quantitative estimate of drug-likeness (QED) is 0.729. The highest BCUT2D eigenvalue weighted by molar-refractivity contribution is 7.10. The standard InChI is InChI=1S/C10H15NOS/c1-4-11(5-2)10(12)9-6-7-13-8(9)3/h6-7H,4-5H2,1-3H3. The maximum atomic E-state index is 11.8. The van der Waals surface area contributed by atoms with Crippen LogP contribution in [0.4, 0.5) is 0 Å². The second kappa shape index (κ2) is 4.42. The molecule has 72 valence electrons. The van der Waals surface area contributed by atoms with Crippen molar-refractivity contribution in [1.82, 2.24) is 4.90 Å². The van der Waals surface area contributed by atoms with Gasteiger partial charge in [0, 0.05) is 18.0 Å². The molecule has 0 unspecified atom stereocenters. The Kier molecular flexibility index (Phi) is 3.48. The summed E-state index contributed by atoms with van der Waals surface area (Å²) in [4.78, 5) is 14.8. The van der Waals surface area contributed by atoms with Crippen molar-refractivity contribution in [3.05, 3.63) is 21.9 Å². The van der Waals surface area contributed by atoms with Gasteiger partial charge in [-0.3, -0.25) is 4.79 Å². The van der Waals surface area contributed by atoms with Gasteiger partial charge in [-0.1, -0.05) is 0 Å². The molecule has 0 N–H and O–H groups in total. The Balaban J connectivity index is 2.84. The minimum atomic E-state index is 0.156. The summed E-state index contributed by atoms with van der Waals surface area (Å²) in [6.45, 7) is 7.56. The van der Waals surface area contributed by atoms with Gasteiger partial charge in [0.15, 0.2) is 0 Å². The van der Waals surface area contributed by atoms with E-state index in [2.05, 4.69) is 0 Å². The van der Waals surface area contributed by atoms with Crippen molar-refractivity contribution in [2.75, 3.05) is 13.1 Å². The second-order valence-electron chi connectivity index (χ2n) is 2.87. The van der Waals surface area contributed by atoms with Gasteiger partial charge in [-0.15, -0.1) is 11.3 Å². The van der Waals surface area contributed by atoms with Gasteiger partial charge in [0.05, 0.1) is 5.56 Å². The smallest absolute Gasteiger partial charge is 0.254 e. The molecule has 1 rings (SSSR count). The zero-order chi connectivity index (χ0) is 9.84. The molecular formula is C10H15NOS. The molecule has 0 radical (unpaired) electrons. The predicted octanol–water partition coefficient (Wildman–Crippen LogP) is 2.54. The lowest BCUT2D eigenvalue weighted by Crippen LogP contribution is -2.30. The number of amides is 1. The third-order valence-electron chi connectivity index (χ3n) is 2.14. The molecule has 13 heavy (non-hydrogen) atoms.